The predicted molar refractivity (Wildman–Crippen MR) is 55.0 cm³/mol. The molecule has 0 heterocycles. The van der Waals surface area contributed by atoms with Crippen LogP contribution in [-0.2, 0) is 0 Å². The summed E-state index contributed by atoms with van der Waals surface area (Å²) in [6, 6.07) is 10.7. The minimum absolute atomic E-state index is 0.232. The van der Waals surface area contributed by atoms with Crippen molar-refractivity contribution in [3.05, 3.63) is 42.0 Å². The minimum atomic E-state index is 0.232. The molecule has 0 radical (unpaired) electrons. The molecule has 0 unspecified atom stereocenters. The average Bonchev–Trinajstić information content (AvgIpc) is 2.23. The van der Waals surface area contributed by atoms with E-state index in [1.54, 1.807) is 12.1 Å². The molecule has 70 valence electrons. The molecular formula is C11H9NO2. The van der Waals surface area contributed by atoms with Gasteiger partial charge in [-0.25, -0.2) is 0 Å². The number of hydrogen-bond donors (Lipinski definition) is 2. The standard InChI is InChI=1S/C11H9NO2/c13-11-6-5-8(7-12-14)9-3-1-2-4-10(9)11/h1-7,13-14H. The highest BCUT2D eigenvalue weighted by Crippen LogP contribution is 2.26. The van der Waals surface area contributed by atoms with E-state index in [-0.39, 0.29) is 5.75 Å². The molecule has 0 aromatic heterocycles. The monoisotopic (exact) mass is 187 g/mol. The van der Waals surface area contributed by atoms with Crippen molar-refractivity contribution in [2.24, 2.45) is 5.16 Å². The summed E-state index contributed by atoms with van der Waals surface area (Å²) in [5.41, 5.74) is 0.779. The maximum absolute atomic E-state index is 9.56. The molecular weight excluding hydrogens is 178 g/mol. The van der Waals surface area contributed by atoms with E-state index in [1.165, 1.54) is 6.21 Å². The summed E-state index contributed by atoms with van der Waals surface area (Å²) in [6.07, 6.45) is 1.35. The van der Waals surface area contributed by atoms with Crippen molar-refractivity contribution in [1.29, 1.82) is 0 Å². The Kier molecular flexibility index (Phi) is 2.07. The maximum Gasteiger partial charge on any atom is 0.123 e. The highest BCUT2D eigenvalue weighted by atomic mass is 16.4. The number of fused-ring (bicyclic) bond motifs is 1. The van der Waals surface area contributed by atoms with E-state index in [4.69, 9.17) is 5.21 Å². The first-order valence-corrected chi connectivity index (χ1v) is 4.21. The van der Waals surface area contributed by atoms with Crippen LogP contribution in [0.15, 0.2) is 41.6 Å². The van der Waals surface area contributed by atoms with Gasteiger partial charge in [0.15, 0.2) is 0 Å². The fourth-order valence-electron chi connectivity index (χ4n) is 1.48. The van der Waals surface area contributed by atoms with E-state index in [2.05, 4.69) is 5.16 Å². The lowest BCUT2D eigenvalue weighted by molar-refractivity contribution is 0.322. The molecule has 0 bridgehead atoms. The topological polar surface area (TPSA) is 52.8 Å². The predicted octanol–water partition coefficient (Wildman–Crippen LogP) is 2.35. The summed E-state index contributed by atoms with van der Waals surface area (Å²) in [4.78, 5) is 0. The molecule has 0 saturated carbocycles. The van der Waals surface area contributed by atoms with Crippen LogP contribution in [-0.4, -0.2) is 16.5 Å². The van der Waals surface area contributed by atoms with E-state index in [9.17, 15) is 5.11 Å². The van der Waals surface area contributed by atoms with Gasteiger partial charge < -0.3 is 10.3 Å². The number of hydrogen-bond acceptors (Lipinski definition) is 3. The molecule has 0 aliphatic carbocycles. The Morgan fingerprint density at radius 2 is 1.71 bits per heavy atom. The van der Waals surface area contributed by atoms with Gasteiger partial charge in [-0.1, -0.05) is 29.4 Å². The molecule has 2 N–H and O–H groups in total. The molecule has 2 aromatic carbocycles. The van der Waals surface area contributed by atoms with Gasteiger partial charge in [-0.2, -0.15) is 0 Å². The average molecular weight is 187 g/mol. The Morgan fingerprint density at radius 3 is 2.43 bits per heavy atom. The minimum Gasteiger partial charge on any atom is -0.507 e. The summed E-state index contributed by atoms with van der Waals surface area (Å²) < 4.78 is 0. The van der Waals surface area contributed by atoms with Crippen molar-refractivity contribution in [3.8, 4) is 5.75 Å². The zero-order chi connectivity index (χ0) is 9.97. The van der Waals surface area contributed by atoms with Crippen LogP contribution in [0.3, 0.4) is 0 Å². The lowest BCUT2D eigenvalue weighted by Crippen LogP contribution is -1.84. The van der Waals surface area contributed by atoms with E-state index in [0.29, 0.717) is 0 Å². The van der Waals surface area contributed by atoms with E-state index in [0.717, 1.165) is 16.3 Å². The third-order valence-electron chi connectivity index (χ3n) is 2.13. The van der Waals surface area contributed by atoms with Crippen molar-refractivity contribution in [2.75, 3.05) is 0 Å². The van der Waals surface area contributed by atoms with Gasteiger partial charge in [0.05, 0.1) is 6.21 Å². The molecule has 14 heavy (non-hydrogen) atoms. The lowest BCUT2D eigenvalue weighted by atomic mass is 10.0. The summed E-state index contributed by atoms with van der Waals surface area (Å²) >= 11 is 0. The molecule has 3 heteroatoms. The molecule has 2 rings (SSSR count). The zero-order valence-electron chi connectivity index (χ0n) is 7.38. The second-order valence-electron chi connectivity index (χ2n) is 2.96. The van der Waals surface area contributed by atoms with Crippen molar-refractivity contribution >= 4 is 17.0 Å². The number of nitrogens with zero attached hydrogens (tertiary/aromatic N) is 1. The highest BCUT2D eigenvalue weighted by Gasteiger charge is 2.02. The Morgan fingerprint density at radius 1 is 1.00 bits per heavy atom. The van der Waals surface area contributed by atoms with Gasteiger partial charge in [-0.3, -0.25) is 0 Å². The van der Waals surface area contributed by atoms with E-state index >= 15 is 0 Å². The van der Waals surface area contributed by atoms with Crippen molar-refractivity contribution in [1.82, 2.24) is 0 Å². The quantitative estimate of drug-likeness (QED) is 0.409. The highest BCUT2D eigenvalue weighted by molar-refractivity contribution is 6.01. The van der Waals surface area contributed by atoms with Crippen LogP contribution < -0.4 is 0 Å². The number of rotatable bonds is 1. The molecule has 0 fully saturated rings. The van der Waals surface area contributed by atoms with Crippen LogP contribution >= 0.6 is 0 Å². The molecule has 0 saturated heterocycles. The fraction of sp³-hybridized carbons (Fsp3) is 0. The first kappa shape index (κ1) is 8.56. The van der Waals surface area contributed by atoms with Gasteiger partial charge in [0, 0.05) is 10.9 Å². The van der Waals surface area contributed by atoms with E-state index in [1.807, 2.05) is 24.3 Å². The number of phenols is 1. The Labute approximate surface area is 80.9 Å². The number of benzene rings is 2. The Bertz CT molecular complexity index is 492. The van der Waals surface area contributed by atoms with Crippen LogP contribution in [0, 0.1) is 0 Å². The summed E-state index contributed by atoms with van der Waals surface area (Å²) in [5, 5.41) is 22.6. The van der Waals surface area contributed by atoms with Crippen molar-refractivity contribution in [3.63, 3.8) is 0 Å². The Hall–Kier alpha value is -2.03. The maximum atomic E-state index is 9.56. The van der Waals surface area contributed by atoms with Crippen LogP contribution in [0.5, 0.6) is 5.75 Å². The van der Waals surface area contributed by atoms with Crippen LogP contribution in [0.25, 0.3) is 10.8 Å². The summed E-state index contributed by atoms with van der Waals surface area (Å²) in [7, 11) is 0. The third kappa shape index (κ3) is 1.29. The largest absolute Gasteiger partial charge is 0.507 e. The SMILES string of the molecule is ON=Cc1ccc(O)c2ccccc12. The van der Waals surface area contributed by atoms with Crippen LogP contribution in [0.2, 0.25) is 0 Å². The molecule has 0 aliphatic heterocycles. The first-order valence-electron chi connectivity index (χ1n) is 4.21. The number of aromatic hydroxyl groups is 1. The number of oxime groups is 1. The van der Waals surface area contributed by atoms with Gasteiger partial charge in [0.1, 0.15) is 5.75 Å². The smallest absolute Gasteiger partial charge is 0.123 e. The Balaban J connectivity index is 2.81. The molecule has 0 atom stereocenters. The fourth-order valence-corrected chi connectivity index (χ4v) is 1.48. The summed E-state index contributed by atoms with van der Waals surface area (Å²) in [6.45, 7) is 0. The first-order chi connectivity index (χ1) is 6.83. The van der Waals surface area contributed by atoms with Crippen LogP contribution in [0.1, 0.15) is 5.56 Å². The van der Waals surface area contributed by atoms with Gasteiger partial charge in [0.2, 0.25) is 0 Å². The second-order valence-corrected chi connectivity index (χ2v) is 2.96. The molecule has 0 aliphatic rings. The summed E-state index contributed by atoms with van der Waals surface area (Å²) in [5.74, 6) is 0.232. The molecule has 2 aromatic rings. The third-order valence-corrected chi connectivity index (χ3v) is 2.13. The molecule has 0 spiro atoms. The van der Waals surface area contributed by atoms with Gasteiger partial charge in [-0.05, 0) is 17.5 Å². The van der Waals surface area contributed by atoms with Gasteiger partial charge >= 0.3 is 0 Å². The van der Waals surface area contributed by atoms with Crippen molar-refractivity contribution in [2.45, 2.75) is 0 Å². The molecule has 0 amide bonds. The number of phenolic OH excluding ortho intramolecular Hbond substituents is 1. The second kappa shape index (κ2) is 3.38. The normalized spacial score (nSPS) is 11.1. The van der Waals surface area contributed by atoms with Gasteiger partial charge in [0.25, 0.3) is 0 Å². The zero-order valence-corrected chi connectivity index (χ0v) is 7.38. The van der Waals surface area contributed by atoms with E-state index < -0.39 is 0 Å². The van der Waals surface area contributed by atoms with Crippen LogP contribution in [0.4, 0.5) is 0 Å². The molecule has 3 nitrogen and oxygen atoms in total. The van der Waals surface area contributed by atoms with Gasteiger partial charge in [-0.15, -0.1) is 0 Å². The van der Waals surface area contributed by atoms with Crippen molar-refractivity contribution < 1.29 is 10.3 Å². The lowest BCUT2D eigenvalue weighted by Gasteiger charge is -2.02.